The number of nitrogens with one attached hydrogen (secondary N) is 1. The molecule has 25 heavy (non-hydrogen) atoms. The Balaban J connectivity index is 1.72. The van der Waals surface area contributed by atoms with Gasteiger partial charge in [0, 0.05) is 12.1 Å². The van der Waals surface area contributed by atoms with Crippen molar-refractivity contribution < 1.29 is 4.74 Å². The molecule has 0 amide bonds. The van der Waals surface area contributed by atoms with Gasteiger partial charge in [0.2, 0.25) is 0 Å². The normalized spacial score (nSPS) is 11.2. The lowest BCUT2D eigenvalue weighted by Gasteiger charge is -2.16. The molecule has 0 unspecified atom stereocenters. The zero-order valence-corrected chi connectivity index (χ0v) is 15.2. The van der Waals surface area contributed by atoms with Crippen LogP contribution in [0.5, 0.6) is 5.75 Å². The lowest BCUT2D eigenvalue weighted by molar-refractivity contribution is 0.268. The second-order valence-corrected chi connectivity index (χ2v) is 6.88. The van der Waals surface area contributed by atoms with Gasteiger partial charge in [-0.3, -0.25) is 0 Å². The van der Waals surface area contributed by atoms with E-state index < -0.39 is 0 Å². The second kappa shape index (κ2) is 8.68. The molecule has 0 saturated heterocycles. The smallest absolute Gasteiger partial charge is 0.124 e. The summed E-state index contributed by atoms with van der Waals surface area (Å²) in [4.78, 5) is 0. The van der Waals surface area contributed by atoms with Crippen molar-refractivity contribution in [3.05, 3.63) is 77.9 Å². The summed E-state index contributed by atoms with van der Waals surface area (Å²) in [6.45, 7) is 6.88. The first-order valence-electron chi connectivity index (χ1n) is 9.12. The molecule has 0 radical (unpaired) electrons. The molecule has 3 aromatic rings. The Hall–Kier alpha value is -2.32. The van der Waals surface area contributed by atoms with Crippen LogP contribution in [0.3, 0.4) is 0 Å². The van der Waals surface area contributed by atoms with Gasteiger partial charge in [-0.15, -0.1) is 0 Å². The quantitative estimate of drug-likeness (QED) is 0.572. The molecule has 0 aromatic heterocycles. The summed E-state index contributed by atoms with van der Waals surface area (Å²) >= 11 is 0. The van der Waals surface area contributed by atoms with Crippen molar-refractivity contribution in [1.29, 1.82) is 0 Å². The molecule has 0 saturated carbocycles. The van der Waals surface area contributed by atoms with Crippen LogP contribution in [0.4, 0.5) is 0 Å². The largest absolute Gasteiger partial charge is 0.493 e. The minimum atomic E-state index is 0.519. The number of rotatable bonds is 8. The van der Waals surface area contributed by atoms with Crippen LogP contribution in [0.1, 0.15) is 25.0 Å². The van der Waals surface area contributed by atoms with E-state index >= 15 is 0 Å². The highest BCUT2D eigenvalue weighted by Crippen LogP contribution is 2.28. The van der Waals surface area contributed by atoms with E-state index in [4.69, 9.17) is 4.74 Å². The van der Waals surface area contributed by atoms with Crippen molar-refractivity contribution >= 4 is 10.8 Å². The minimum absolute atomic E-state index is 0.519. The van der Waals surface area contributed by atoms with Crippen molar-refractivity contribution in [1.82, 2.24) is 5.32 Å². The Bertz CT molecular complexity index is 796. The Kier molecular flexibility index (Phi) is 6.08. The summed E-state index contributed by atoms with van der Waals surface area (Å²) in [7, 11) is 0. The van der Waals surface area contributed by atoms with E-state index in [-0.39, 0.29) is 0 Å². The van der Waals surface area contributed by atoms with E-state index in [1.54, 1.807) is 0 Å². The predicted molar refractivity (Wildman–Crippen MR) is 106 cm³/mol. The Morgan fingerprint density at radius 1 is 0.880 bits per heavy atom. The highest BCUT2D eigenvalue weighted by molar-refractivity contribution is 5.87. The molecule has 0 atom stereocenters. The van der Waals surface area contributed by atoms with Crippen LogP contribution in [0, 0.1) is 5.92 Å². The van der Waals surface area contributed by atoms with Gasteiger partial charge in [-0.2, -0.15) is 0 Å². The lowest BCUT2D eigenvalue weighted by Crippen LogP contribution is -2.18. The molecule has 3 rings (SSSR count). The maximum atomic E-state index is 6.08. The molecule has 0 spiro atoms. The summed E-state index contributed by atoms with van der Waals surface area (Å²) in [5.41, 5.74) is 2.62. The monoisotopic (exact) mass is 333 g/mol. The Morgan fingerprint density at radius 2 is 1.64 bits per heavy atom. The van der Waals surface area contributed by atoms with Gasteiger partial charge >= 0.3 is 0 Å². The van der Waals surface area contributed by atoms with E-state index in [2.05, 4.69) is 85.9 Å². The minimum Gasteiger partial charge on any atom is -0.493 e. The Labute approximate surface area is 150 Å². The molecular formula is C23H27NO. The van der Waals surface area contributed by atoms with E-state index in [9.17, 15) is 0 Å². The van der Waals surface area contributed by atoms with E-state index in [1.807, 2.05) is 0 Å². The fourth-order valence-electron chi connectivity index (χ4n) is 2.98. The Morgan fingerprint density at radius 3 is 2.44 bits per heavy atom. The summed E-state index contributed by atoms with van der Waals surface area (Å²) in [6, 6.07) is 23.4. The van der Waals surface area contributed by atoms with Crippen LogP contribution in [-0.2, 0) is 13.0 Å². The number of fused-ring (bicyclic) bond motifs is 1. The molecule has 0 fully saturated rings. The van der Waals surface area contributed by atoms with Gasteiger partial charge in [0.15, 0.2) is 0 Å². The topological polar surface area (TPSA) is 21.3 Å². The van der Waals surface area contributed by atoms with Crippen molar-refractivity contribution in [2.24, 2.45) is 5.92 Å². The van der Waals surface area contributed by atoms with E-state index in [1.165, 1.54) is 21.9 Å². The highest BCUT2D eigenvalue weighted by atomic mass is 16.5. The van der Waals surface area contributed by atoms with Crippen molar-refractivity contribution in [2.75, 3.05) is 13.2 Å². The van der Waals surface area contributed by atoms with Crippen LogP contribution in [0.2, 0.25) is 0 Å². The van der Waals surface area contributed by atoms with Gasteiger partial charge in [0.05, 0.1) is 6.61 Å². The average molecular weight is 333 g/mol. The number of hydrogen-bond donors (Lipinski definition) is 1. The zero-order valence-electron chi connectivity index (χ0n) is 15.2. The molecule has 0 aliphatic heterocycles. The number of benzene rings is 3. The van der Waals surface area contributed by atoms with E-state index in [0.717, 1.165) is 31.9 Å². The summed E-state index contributed by atoms with van der Waals surface area (Å²) in [5.74, 6) is 1.52. The molecule has 0 heterocycles. The van der Waals surface area contributed by atoms with Crippen LogP contribution < -0.4 is 10.1 Å². The SMILES string of the molecule is CC(C)COc1ccc2ccccc2c1CNCCc1ccccc1. The van der Waals surface area contributed by atoms with Crippen LogP contribution in [0.15, 0.2) is 66.7 Å². The summed E-state index contributed by atoms with van der Waals surface area (Å²) < 4.78 is 6.08. The molecule has 2 heteroatoms. The first-order valence-corrected chi connectivity index (χ1v) is 9.12. The van der Waals surface area contributed by atoms with Gasteiger partial charge in [-0.25, -0.2) is 0 Å². The molecule has 2 nitrogen and oxygen atoms in total. The fourth-order valence-corrected chi connectivity index (χ4v) is 2.98. The average Bonchev–Trinajstić information content (AvgIpc) is 2.64. The second-order valence-electron chi connectivity index (χ2n) is 6.88. The van der Waals surface area contributed by atoms with Gasteiger partial charge in [0.1, 0.15) is 5.75 Å². The fraction of sp³-hybridized carbons (Fsp3) is 0.304. The molecule has 130 valence electrons. The molecule has 3 aromatic carbocycles. The van der Waals surface area contributed by atoms with Crippen molar-refractivity contribution in [3.8, 4) is 5.75 Å². The third kappa shape index (κ3) is 4.83. The molecular weight excluding hydrogens is 306 g/mol. The van der Waals surface area contributed by atoms with Crippen LogP contribution in [-0.4, -0.2) is 13.2 Å². The van der Waals surface area contributed by atoms with Crippen LogP contribution >= 0.6 is 0 Å². The molecule has 0 bridgehead atoms. The van der Waals surface area contributed by atoms with Gasteiger partial charge in [-0.05, 0) is 41.3 Å². The summed E-state index contributed by atoms with van der Waals surface area (Å²) in [6.07, 6.45) is 1.04. The molecule has 0 aliphatic rings. The third-order valence-corrected chi connectivity index (χ3v) is 4.30. The van der Waals surface area contributed by atoms with E-state index in [0.29, 0.717) is 5.92 Å². The summed E-state index contributed by atoms with van der Waals surface area (Å²) in [5, 5.41) is 6.13. The number of hydrogen-bond acceptors (Lipinski definition) is 2. The lowest BCUT2D eigenvalue weighted by atomic mass is 10.0. The van der Waals surface area contributed by atoms with Gasteiger partial charge < -0.3 is 10.1 Å². The highest BCUT2D eigenvalue weighted by Gasteiger charge is 2.09. The standard InChI is InChI=1S/C23H27NO/c1-18(2)17-25-23-13-12-20-10-6-7-11-21(20)22(23)16-24-15-14-19-8-4-3-5-9-19/h3-13,18,24H,14-17H2,1-2H3. The maximum Gasteiger partial charge on any atom is 0.124 e. The van der Waals surface area contributed by atoms with Gasteiger partial charge in [-0.1, -0.05) is 74.5 Å². The van der Waals surface area contributed by atoms with Crippen LogP contribution in [0.25, 0.3) is 10.8 Å². The van der Waals surface area contributed by atoms with Crippen molar-refractivity contribution in [3.63, 3.8) is 0 Å². The number of ether oxygens (including phenoxy) is 1. The maximum absolute atomic E-state index is 6.08. The zero-order chi connectivity index (χ0) is 17.5. The predicted octanol–water partition coefficient (Wildman–Crippen LogP) is 5.21. The first kappa shape index (κ1) is 17.5. The van der Waals surface area contributed by atoms with Gasteiger partial charge in [0.25, 0.3) is 0 Å². The van der Waals surface area contributed by atoms with Crippen molar-refractivity contribution in [2.45, 2.75) is 26.8 Å². The molecule has 0 aliphatic carbocycles. The third-order valence-electron chi connectivity index (χ3n) is 4.30. The first-order chi connectivity index (χ1) is 12.2. The molecule has 1 N–H and O–H groups in total.